The van der Waals surface area contributed by atoms with E-state index in [1.54, 1.807) is 0 Å². The van der Waals surface area contributed by atoms with E-state index < -0.39 is 0 Å². The summed E-state index contributed by atoms with van der Waals surface area (Å²) in [4.78, 5) is 0. The first-order valence-corrected chi connectivity index (χ1v) is 4.77. The Balaban J connectivity index is 2.42. The number of benzene rings is 2. The second kappa shape index (κ2) is 2.98. The Morgan fingerprint density at radius 1 is 1.14 bits per heavy atom. The van der Waals surface area contributed by atoms with Gasteiger partial charge in [-0.3, -0.25) is 0 Å². The Kier molecular flexibility index (Phi) is 1.66. The minimum atomic E-state index is 0.921. The molecule has 65 valence electrons. The zero-order chi connectivity index (χ0) is 9.38. The van der Waals surface area contributed by atoms with Crippen molar-refractivity contribution in [2.75, 3.05) is 0 Å². The normalized spacial score (nSPS) is 14.3. The van der Waals surface area contributed by atoms with Crippen LogP contribution in [0.5, 0.6) is 0 Å². The van der Waals surface area contributed by atoms with Crippen molar-refractivity contribution in [3.63, 3.8) is 0 Å². The molecule has 0 aliphatic heterocycles. The molecule has 0 spiro atoms. The molecule has 0 saturated carbocycles. The van der Waals surface area contributed by atoms with Gasteiger partial charge in [0.2, 0.25) is 0 Å². The van der Waals surface area contributed by atoms with Crippen LogP contribution in [0.1, 0.15) is 11.1 Å². The second-order valence-electron chi connectivity index (χ2n) is 3.49. The Morgan fingerprint density at radius 2 is 2.14 bits per heavy atom. The van der Waals surface area contributed by atoms with E-state index in [-0.39, 0.29) is 0 Å². The average molecular weight is 177 g/mol. The summed E-state index contributed by atoms with van der Waals surface area (Å²) in [5.74, 6) is 0. The van der Waals surface area contributed by atoms with Gasteiger partial charge in [-0.1, -0.05) is 42.5 Å². The molecule has 0 nitrogen and oxygen atoms in total. The SMILES string of the molecule is [C]1C=Cc2c(ccc3ccc[c]c23)C1. The van der Waals surface area contributed by atoms with Crippen LogP contribution in [0.15, 0.2) is 36.4 Å². The number of allylic oxidation sites excluding steroid dienone is 1. The molecule has 0 N–H and O–H groups in total. The zero-order valence-corrected chi connectivity index (χ0v) is 7.75. The standard InChI is InChI=1S/C14H9/c1-3-7-13-11(5-1)9-10-12-6-2-4-8-14(12)13/h1,3-5,8-10H,6H2. The minimum absolute atomic E-state index is 0.921. The highest BCUT2D eigenvalue weighted by molar-refractivity contribution is 5.92. The van der Waals surface area contributed by atoms with Crippen molar-refractivity contribution < 1.29 is 0 Å². The number of rotatable bonds is 0. The lowest BCUT2D eigenvalue weighted by atomic mass is 9.92. The van der Waals surface area contributed by atoms with Crippen molar-refractivity contribution in [2.24, 2.45) is 0 Å². The van der Waals surface area contributed by atoms with E-state index in [0.29, 0.717) is 0 Å². The molecule has 0 atom stereocenters. The maximum Gasteiger partial charge on any atom is 0.0132 e. The van der Waals surface area contributed by atoms with Gasteiger partial charge in [0.15, 0.2) is 0 Å². The van der Waals surface area contributed by atoms with Gasteiger partial charge >= 0.3 is 0 Å². The Labute approximate surface area is 83.9 Å². The summed E-state index contributed by atoms with van der Waals surface area (Å²) in [5, 5.41) is 2.49. The van der Waals surface area contributed by atoms with Crippen LogP contribution in [0, 0.1) is 12.5 Å². The molecule has 0 heterocycles. The fraction of sp³-hybridized carbons (Fsp3) is 0.0714. The van der Waals surface area contributed by atoms with Crippen LogP contribution in [0.4, 0.5) is 0 Å². The van der Waals surface area contributed by atoms with Crippen molar-refractivity contribution in [2.45, 2.75) is 6.42 Å². The molecule has 1 aliphatic rings. The van der Waals surface area contributed by atoms with Gasteiger partial charge in [0, 0.05) is 6.42 Å². The van der Waals surface area contributed by atoms with Gasteiger partial charge in [-0.2, -0.15) is 0 Å². The third-order valence-electron chi connectivity index (χ3n) is 2.63. The van der Waals surface area contributed by atoms with E-state index in [0.717, 1.165) is 6.42 Å². The summed E-state index contributed by atoms with van der Waals surface area (Å²) < 4.78 is 0. The van der Waals surface area contributed by atoms with E-state index in [9.17, 15) is 0 Å². The molecule has 0 bridgehead atoms. The van der Waals surface area contributed by atoms with Crippen LogP contribution in [-0.2, 0) is 6.42 Å². The molecular formula is C14H9. The lowest BCUT2D eigenvalue weighted by Crippen LogP contribution is -1.95. The summed E-state index contributed by atoms with van der Waals surface area (Å²) in [7, 11) is 0. The van der Waals surface area contributed by atoms with Gasteiger partial charge in [0.1, 0.15) is 0 Å². The van der Waals surface area contributed by atoms with E-state index in [1.807, 2.05) is 18.2 Å². The smallest absolute Gasteiger partial charge is 0.0132 e. The molecule has 0 amide bonds. The molecule has 2 aromatic rings. The molecular weight excluding hydrogens is 168 g/mol. The Morgan fingerprint density at radius 3 is 3.14 bits per heavy atom. The third kappa shape index (κ3) is 1.07. The monoisotopic (exact) mass is 177 g/mol. The average Bonchev–Trinajstić information content (AvgIpc) is 2.29. The highest BCUT2D eigenvalue weighted by Crippen LogP contribution is 2.26. The first kappa shape index (κ1) is 7.81. The van der Waals surface area contributed by atoms with Gasteiger partial charge < -0.3 is 0 Å². The topological polar surface area (TPSA) is 0 Å². The summed E-state index contributed by atoms with van der Waals surface area (Å²) in [6.07, 6.45) is 8.26. The highest BCUT2D eigenvalue weighted by Gasteiger charge is 2.07. The van der Waals surface area contributed by atoms with E-state index in [2.05, 4.69) is 36.8 Å². The van der Waals surface area contributed by atoms with Crippen molar-refractivity contribution in [3.8, 4) is 0 Å². The third-order valence-corrected chi connectivity index (χ3v) is 2.63. The highest BCUT2D eigenvalue weighted by atomic mass is 14.1. The summed E-state index contributed by atoms with van der Waals surface area (Å²) in [6.45, 7) is 0. The van der Waals surface area contributed by atoms with Gasteiger partial charge in [-0.05, 0) is 34.4 Å². The van der Waals surface area contributed by atoms with Crippen LogP contribution < -0.4 is 0 Å². The van der Waals surface area contributed by atoms with Crippen LogP contribution in [0.25, 0.3) is 16.8 Å². The number of fused-ring (bicyclic) bond motifs is 3. The first-order chi connectivity index (χ1) is 6.95. The summed E-state index contributed by atoms with van der Waals surface area (Å²) >= 11 is 0. The minimum Gasteiger partial charge on any atom is -0.0755 e. The van der Waals surface area contributed by atoms with Crippen LogP contribution in [0.3, 0.4) is 0 Å². The van der Waals surface area contributed by atoms with E-state index in [4.69, 9.17) is 0 Å². The van der Waals surface area contributed by atoms with Gasteiger partial charge in [-0.15, -0.1) is 0 Å². The maximum absolute atomic E-state index is 3.30. The van der Waals surface area contributed by atoms with E-state index >= 15 is 0 Å². The molecule has 0 fully saturated rings. The molecule has 0 heteroatoms. The fourth-order valence-corrected chi connectivity index (χ4v) is 1.92. The fourth-order valence-electron chi connectivity index (χ4n) is 1.92. The molecule has 14 heavy (non-hydrogen) atoms. The van der Waals surface area contributed by atoms with Gasteiger partial charge in [0.05, 0.1) is 0 Å². The van der Waals surface area contributed by atoms with Crippen LogP contribution in [-0.4, -0.2) is 0 Å². The zero-order valence-electron chi connectivity index (χ0n) is 7.75. The predicted molar refractivity (Wildman–Crippen MR) is 58.8 cm³/mol. The summed E-state index contributed by atoms with van der Waals surface area (Å²) in [5.41, 5.74) is 2.66. The molecule has 3 rings (SSSR count). The van der Waals surface area contributed by atoms with Crippen molar-refractivity contribution in [1.29, 1.82) is 0 Å². The number of hydrogen-bond acceptors (Lipinski definition) is 0. The second-order valence-corrected chi connectivity index (χ2v) is 3.49. The molecule has 0 aromatic heterocycles. The molecule has 1 aliphatic carbocycles. The Bertz CT molecular complexity index is 506. The molecule has 0 saturated heterocycles. The lowest BCUT2D eigenvalue weighted by molar-refractivity contribution is 1.18. The molecule has 0 unspecified atom stereocenters. The largest absolute Gasteiger partial charge is 0.0755 e. The van der Waals surface area contributed by atoms with Crippen molar-refractivity contribution >= 4 is 16.8 Å². The molecule has 3 radical (unpaired) electrons. The predicted octanol–water partition coefficient (Wildman–Crippen LogP) is 3.29. The lowest BCUT2D eigenvalue weighted by Gasteiger charge is -2.12. The van der Waals surface area contributed by atoms with Gasteiger partial charge in [0.25, 0.3) is 0 Å². The van der Waals surface area contributed by atoms with Crippen molar-refractivity contribution in [1.82, 2.24) is 0 Å². The van der Waals surface area contributed by atoms with Crippen LogP contribution >= 0.6 is 0 Å². The van der Waals surface area contributed by atoms with E-state index in [1.165, 1.54) is 21.9 Å². The quantitative estimate of drug-likeness (QED) is 0.579. The first-order valence-electron chi connectivity index (χ1n) is 4.77. The van der Waals surface area contributed by atoms with Crippen LogP contribution in [0.2, 0.25) is 0 Å². The van der Waals surface area contributed by atoms with Gasteiger partial charge in [-0.25, -0.2) is 0 Å². The number of hydrogen-bond donors (Lipinski definition) is 0. The maximum atomic E-state index is 3.30. The summed E-state index contributed by atoms with van der Waals surface area (Å²) in [6, 6.07) is 13.8. The van der Waals surface area contributed by atoms with Crippen molar-refractivity contribution in [3.05, 3.63) is 60.0 Å². The molecule has 2 aromatic carbocycles. The Hall–Kier alpha value is -1.56.